The Labute approximate surface area is 153 Å². The molecule has 0 saturated carbocycles. The summed E-state index contributed by atoms with van der Waals surface area (Å²) >= 11 is 0. The Kier molecular flexibility index (Phi) is 6.68. The zero-order valence-electron chi connectivity index (χ0n) is 15.0. The van der Waals surface area contributed by atoms with Crippen LogP contribution in [0.1, 0.15) is 33.1 Å². The molecule has 1 saturated heterocycles. The van der Waals surface area contributed by atoms with E-state index in [4.69, 9.17) is 0 Å². The third-order valence-corrected chi connectivity index (χ3v) is 5.22. The summed E-state index contributed by atoms with van der Waals surface area (Å²) in [5.74, 6) is 0. The molecule has 26 heavy (non-hydrogen) atoms. The molecule has 7 nitrogen and oxygen atoms in total. The maximum Gasteiger partial charge on any atom is 0.282 e. The van der Waals surface area contributed by atoms with E-state index in [-0.39, 0.29) is 10.6 Å². The molecular formula is C18H23N3O4S. The summed E-state index contributed by atoms with van der Waals surface area (Å²) in [5.41, 5.74) is 1.89. The molecule has 1 heterocycles. The fraction of sp³-hybridized carbons (Fsp3) is 0.389. The zero-order chi connectivity index (χ0) is 19.2. The van der Waals surface area contributed by atoms with Crippen LogP contribution in [0.3, 0.4) is 0 Å². The van der Waals surface area contributed by atoms with Crippen LogP contribution in [0.25, 0.3) is 0 Å². The predicted octanol–water partition coefficient (Wildman–Crippen LogP) is 3.69. The molecule has 1 aromatic carbocycles. The number of rotatable bonds is 6. The fourth-order valence-corrected chi connectivity index (χ4v) is 3.50. The highest BCUT2D eigenvalue weighted by atomic mass is 32.2. The molecule has 0 atom stereocenters. The highest BCUT2D eigenvalue weighted by Gasteiger charge is 2.14. The minimum atomic E-state index is -3.89. The van der Waals surface area contributed by atoms with Crippen molar-refractivity contribution in [2.24, 2.45) is 4.40 Å². The Bertz CT molecular complexity index is 830. The van der Waals surface area contributed by atoms with E-state index < -0.39 is 14.9 Å². The number of nitro groups is 1. The molecule has 2 rings (SSSR count). The minimum Gasteiger partial charge on any atom is -0.371 e. The maximum atomic E-state index is 12.3. The van der Waals surface area contributed by atoms with Crippen LogP contribution in [0.15, 0.2) is 57.0 Å². The lowest BCUT2D eigenvalue weighted by molar-refractivity contribution is -0.384. The smallest absolute Gasteiger partial charge is 0.282 e. The topological polar surface area (TPSA) is 92.9 Å². The molecular weight excluding hydrogens is 354 g/mol. The first-order chi connectivity index (χ1) is 12.3. The van der Waals surface area contributed by atoms with Crippen LogP contribution in [0.5, 0.6) is 0 Å². The monoisotopic (exact) mass is 377 g/mol. The largest absolute Gasteiger partial charge is 0.371 e. The van der Waals surface area contributed by atoms with Crippen LogP contribution in [-0.2, 0) is 10.0 Å². The van der Waals surface area contributed by atoms with Gasteiger partial charge in [0.1, 0.15) is 0 Å². The highest BCUT2D eigenvalue weighted by Crippen LogP contribution is 2.19. The molecule has 1 fully saturated rings. The van der Waals surface area contributed by atoms with Gasteiger partial charge in [0.15, 0.2) is 0 Å². The first kappa shape index (κ1) is 19.8. The summed E-state index contributed by atoms with van der Waals surface area (Å²) in [6.45, 7) is 5.86. The Morgan fingerprint density at radius 2 is 1.77 bits per heavy atom. The van der Waals surface area contributed by atoms with Crippen molar-refractivity contribution in [1.82, 2.24) is 4.90 Å². The van der Waals surface area contributed by atoms with Crippen molar-refractivity contribution in [3.8, 4) is 0 Å². The molecule has 8 heteroatoms. The van der Waals surface area contributed by atoms with Gasteiger partial charge in [0.2, 0.25) is 0 Å². The molecule has 1 aromatic rings. The van der Waals surface area contributed by atoms with Crippen molar-refractivity contribution in [3.05, 3.63) is 57.8 Å². The van der Waals surface area contributed by atoms with E-state index >= 15 is 0 Å². The van der Waals surface area contributed by atoms with Crippen LogP contribution in [0, 0.1) is 10.1 Å². The summed E-state index contributed by atoms with van der Waals surface area (Å²) in [7, 11) is -3.89. The molecule has 0 aliphatic carbocycles. The number of sulfonamides is 1. The molecule has 0 aromatic heterocycles. The van der Waals surface area contributed by atoms with E-state index in [1.165, 1.54) is 24.8 Å². The molecule has 0 unspecified atom stereocenters. The van der Waals surface area contributed by atoms with Crippen LogP contribution in [-0.4, -0.2) is 37.5 Å². The summed E-state index contributed by atoms with van der Waals surface area (Å²) < 4.78 is 28.2. The third kappa shape index (κ3) is 5.52. The number of hydrogen-bond acceptors (Lipinski definition) is 5. The first-order valence-electron chi connectivity index (χ1n) is 8.44. The van der Waals surface area contributed by atoms with Gasteiger partial charge in [-0.3, -0.25) is 10.1 Å². The van der Waals surface area contributed by atoms with E-state index in [1.807, 2.05) is 19.9 Å². The van der Waals surface area contributed by atoms with Crippen molar-refractivity contribution in [2.75, 3.05) is 13.1 Å². The van der Waals surface area contributed by atoms with E-state index in [9.17, 15) is 18.5 Å². The van der Waals surface area contributed by atoms with Gasteiger partial charge in [-0.25, -0.2) is 0 Å². The van der Waals surface area contributed by atoms with Gasteiger partial charge in [-0.1, -0.05) is 5.57 Å². The second kappa shape index (κ2) is 8.75. The van der Waals surface area contributed by atoms with Crippen LogP contribution in [0.2, 0.25) is 0 Å². The lowest BCUT2D eigenvalue weighted by Crippen LogP contribution is -2.28. The number of nitro benzene ring substituents is 1. The Morgan fingerprint density at radius 1 is 1.15 bits per heavy atom. The number of nitrogens with zero attached hydrogens (tertiary/aromatic N) is 3. The molecule has 0 N–H and O–H groups in total. The van der Waals surface area contributed by atoms with E-state index in [2.05, 4.69) is 9.30 Å². The molecule has 0 amide bonds. The highest BCUT2D eigenvalue weighted by molar-refractivity contribution is 7.90. The van der Waals surface area contributed by atoms with Crippen molar-refractivity contribution in [1.29, 1.82) is 0 Å². The lowest BCUT2D eigenvalue weighted by Gasteiger charge is -2.29. The van der Waals surface area contributed by atoms with E-state index in [0.717, 1.165) is 49.3 Å². The number of piperidine rings is 1. The normalized spacial score (nSPS) is 15.9. The van der Waals surface area contributed by atoms with Crippen LogP contribution in [0.4, 0.5) is 5.69 Å². The number of allylic oxidation sites excluding steroid dienone is 3. The third-order valence-electron chi connectivity index (χ3n) is 3.95. The van der Waals surface area contributed by atoms with E-state index in [0.29, 0.717) is 0 Å². The SMILES string of the molecule is CC(C)=CC(=CC=NS(=O)(=O)c1ccc([N+](=O)[O-])cc1)N1CCCCC1. The average molecular weight is 377 g/mol. The molecule has 140 valence electrons. The van der Waals surface area contributed by atoms with Gasteiger partial charge in [0.25, 0.3) is 15.7 Å². The number of likely N-dealkylation sites (tertiary alicyclic amines) is 1. The van der Waals surface area contributed by atoms with Crippen molar-refractivity contribution in [3.63, 3.8) is 0 Å². The Hall–Kier alpha value is -2.48. The number of hydrogen-bond donors (Lipinski definition) is 0. The zero-order valence-corrected chi connectivity index (χ0v) is 15.8. The number of non-ortho nitro benzene ring substituents is 1. The minimum absolute atomic E-state index is 0.0745. The molecule has 1 aliphatic heterocycles. The molecule has 0 bridgehead atoms. The standard InChI is InChI=1S/C18H23N3O4S/c1-15(2)14-17(20-12-4-3-5-13-20)10-11-19-26(24,25)18-8-6-16(7-9-18)21(22)23/h6-11,14H,3-5,12-13H2,1-2H3. The Morgan fingerprint density at radius 3 is 2.31 bits per heavy atom. The van der Waals surface area contributed by atoms with Gasteiger partial charge in [-0.15, -0.1) is 0 Å². The second-order valence-corrected chi connectivity index (χ2v) is 7.97. The van der Waals surface area contributed by atoms with Gasteiger partial charge in [-0.05, 0) is 57.4 Å². The van der Waals surface area contributed by atoms with Crippen LogP contribution < -0.4 is 0 Å². The van der Waals surface area contributed by atoms with Gasteiger partial charge < -0.3 is 4.90 Å². The summed E-state index contributed by atoms with van der Waals surface area (Å²) in [4.78, 5) is 12.2. The van der Waals surface area contributed by atoms with Crippen molar-refractivity contribution < 1.29 is 13.3 Å². The maximum absolute atomic E-state index is 12.3. The summed E-state index contributed by atoms with van der Waals surface area (Å²) in [5, 5.41) is 10.7. The lowest BCUT2D eigenvalue weighted by atomic mass is 10.1. The summed E-state index contributed by atoms with van der Waals surface area (Å²) in [6.07, 6.45) is 8.43. The van der Waals surface area contributed by atoms with Gasteiger partial charge in [0, 0.05) is 37.1 Å². The molecule has 0 radical (unpaired) electrons. The Balaban J connectivity index is 2.22. The van der Waals surface area contributed by atoms with Gasteiger partial charge in [0.05, 0.1) is 9.82 Å². The van der Waals surface area contributed by atoms with Crippen molar-refractivity contribution in [2.45, 2.75) is 38.0 Å². The average Bonchev–Trinajstić information content (AvgIpc) is 2.61. The van der Waals surface area contributed by atoms with E-state index in [1.54, 1.807) is 6.08 Å². The quantitative estimate of drug-likeness (QED) is 0.326. The predicted molar refractivity (Wildman–Crippen MR) is 102 cm³/mol. The number of benzene rings is 1. The second-order valence-electron chi connectivity index (χ2n) is 6.34. The first-order valence-corrected chi connectivity index (χ1v) is 9.88. The molecule has 1 aliphatic rings. The van der Waals surface area contributed by atoms with Crippen LogP contribution >= 0.6 is 0 Å². The van der Waals surface area contributed by atoms with Gasteiger partial charge in [-0.2, -0.15) is 12.8 Å². The molecule has 0 spiro atoms. The fourth-order valence-electron chi connectivity index (χ4n) is 2.68. The van der Waals surface area contributed by atoms with Crippen molar-refractivity contribution >= 4 is 21.9 Å². The summed E-state index contributed by atoms with van der Waals surface area (Å²) in [6, 6.07) is 4.69. The van der Waals surface area contributed by atoms with Gasteiger partial charge >= 0.3 is 0 Å².